The highest BCUT2D eigenvalue weighted by atomic mass is 16.1. The lowest BCUT2D eigenvalue weighted by Crippen LogP contribution is -2.18. The molecule has 0 saturated heterocycles. The van der Waals surface area contributed by atoms with Gasteiger partial charge in [0.2, 0.25) is 6.29 Å². The van der Waals surface area contributed by atoms with Crippen molar-refractivity contribution in [3.63, 3.8) is 0 Å². The van der Waals surface area contributed by atoms with Crippen LogP contribution in [0.1, 0.15) is 40.0 Å². The molecule has 0 aromatic carbocycles. The third-order valence-electron chi connectivity index (χ3n) is 4.33. The van der Waals surface area contributed by atoms with E-state index in [-0.39, 0.29) is 10.8 Å². The summed E-state index contributed by atoms with van der Waals surface area (Å²) in [5.41, 5.74) is 0.199. The van der Waals surface area contributed by atoms with Gasteiger partial charge < -0.3 is 0 Å². The maximum atomic E-state index is 11.0. The molecule has 2 aliphatic rings. The van der Waals surface area contributed by atoms with E-state index in [9.17, 15) is 4.79 Å². The summed E-state index contributed by atoms with van der Waals surface area (Å²) in [7, 11) is 0. The van der Waals surface area contributed by atoms with Crippen LogP contribution in [0.3, 0.4) is 0 Å². The van der Waals surface area contributed by atoms with Crippen LogP contribution in [0.2, 0.25) is 0 Å². The fraction of sp³-hybridized carbons (Fsp3) is 0.909. The molecular formula is C11H17O. The number of hydrogen-bond donors (Lipinski definition) is 0. The Labute approximate surface area is 74.5 Å². The van der Waals surface area contributed by atoms with Crippen LogP contribution in [0.5, 0.6) is 0 Å². The van der Waals surface area contributed by atoms with Crippen molar-refractivity contribution < 1.29 is 4.79 Å². The monoisotopic (exact) mass is 165 g/mol. The van der Waals surface area contributed by atoms with Crippen LogP contribution in [0.15, 0.2) is 0 Å². The highest BCUT2D eigenvalue weighted by Gasteiger charge is 2.72. The van der Waals surface area contributed by atoms with Crippen LogP contribution in [-0.2, 0) is 4.79 Å². The average Bonchev–Trinajstić information content (AvgIpc) is 2.49. The van der Waals surface area contributed by atoms with Crippen molar-refractivity contribution in [1.29, 1.82) is 0 Å². The molecule has 0 amide bonds. The van der Waals surface area contributed by atoms with Gasteiger partial charge in [0.25, 0.3) is 0 Å². The molecular weight excluding hydrogens is 148 g/mol. The van der Waals surface area contributed by atoms with Gasteiger partial charge >= 0.3 is 0 Å². The Morgan fingerprint density at radius 1 is 1.33 bits per heavy atom. The minimum absolute atomic E-state index is 0.0509. The van der Waals surface area contributed by atoms with E-state index in [1.165, 1.54) is 12.8 Å². The molecule has 2 aliphatic carbocycles. The van der Waals surface area contributed by atoms with Crippen LogP contribution in [0, 0.1) is 22.7 Å². The molecule has 0 aliphatic heterocycles. The third-order valence-corrected chi connectivity index (χ3v) is 4.33. The van der Waals surface area contributed by atoms with Crippen LogP contribution < -0.4 is 0 Å². The molecule has 3 unspecified atom stereocenters. The SMILES string of the molecule is CC1CCC2C(C)(C)C2([C]=O)C1. The zero-order chi connectivity index (χ0) is 8.98. The molecule has 67 valence electrons. The average molecular weight is 165 g/mol. The van der Waals surface area contributed by atoms with Crippen molar-refractivity contribution in [1.82, 2.24) is 0 Å². The third kappa shape index (κ3) is 0.725. The van der Waals surface area contributed by atoms with E-state index < -0.39 is 0 Å². The fourth-order valence-electron chi connectivity index (χ4n) is 3.33. The molecule has 0 aromatic rings. The van der Waals surface area contributed by atoms with Crippen molar-refractivity contribution >= 4 is 6.29 Å². The maximum absolute atomic E-state index is 11.0. The minimum atomic E-state index is -0.0509. The molecule has 2 rings (SSSR count). The van der Waals surface area contributed by atoms with E-state index in [0.717, 1.165) is 12.3 Å². The van der Waals surface area contributed by atoms with Crippen LogP contribution >= 0.6 is 0 Å². The summed E-state index contributed by atoms with van der Waals surface area (Å²) in [6, 6.07) is 0. The van der Waals surface area contributed by atoms with E-state index in [2.05, 4.69) is 27.1 Å². The Morgan fingerprint density at radius 3 is 2.50 bits per heavy atom. The lowest BCUT2D eigenvalue weighted by Gasteiger charge is -2.21. The van der Waals surface area contributed by atoms with Gasteiger partial charge in [-0.1, -0.05) is 27.2 Å². The summed E-state index contributed by atoms with van der Waals surface area (Å²) in [4.78, 5) is 11.0. The number of hydrogen-bond acceptors (Lipinski definition) is 1. The van der Waals surface area contributed by atoms with Gasteiger partial charge in [0.15, 0.2) is 0 Å². The molecule has 1 nitrogen and oxygen atoms in total. The second-order valence-electron chi connectivity index (χ2n) is 5.23. The second-order valence-corrected chi connectivity index (χ2v) is 5.23. The summed E-state index contributed by atoms with van der Waals surface area (Å²) >= 11 is 0. The van der Waals surface area contributed by atoms with E-state index >= 15 is 0 Å². The van der Waals surface area contributed by atoms with Gasteiger partial charge in [-0.3, -0.25) is 4.79 Å². The molecule has 3 atom stereocenters. The number of carbonyl (C=O) groups excluding carboxylic acids is 1. The topological polar surface area (TPSA) is 17.1 Å². The summed E-state index contributed by atoms with van der Waals surface area (Å²) in [6.07, 6.45) is 5.95. The molecule has 1 radical (unpaired) electrons. The molecule has 0 heterocycles. The van der Waals surface area contributed by atoms with Crippen molar-refractivity contribution in [2.45, 2.75) is 40.0 Å². The van der Waals surface area contributed by atoms with E-state index in [4.69, 9.17) is 0 Å². The fourth-order valence-corrected chi connectivity index (χ4v) is 3.33. The largest absolute Gasteiger partial charge is 0.290 e. The van der Waals surface area contributed by atoms with Gasteiger partial charge in [0.1, 0.15) is 0 Å². The van der Waals surface area contributed by atoms with Crippen LogP contribution in [0.25, 0.3) is 0 Å². The predicted octanol–water partition coefficient (Wildman–Crippen LogP) is 2.56. The van der Waals surface area contributed by atoms with Gasteiger partial charge in [-0.15, -0.1) is 0 Å². The van der Waals surface area contributed by atoms with Crippen molar-refractivity contribution in [3.05, 3.63) is 0 Å². The lowest BCUT2D eigenvalue weighted by molar-refractivity contribution is 0.312. The first-order valence-corrected chi connectivity index (χ1v) is 4.94. The maximum Gasteiger partial charge on any atom is 0.205 e. The van der Waals surface area contributed by atoms with E-state index in [1.807, 2.05) is 0 Å². The first-order chi connectivity index (χ1) is 5.54. The van der Waals surface area contributed by atoms with E-state index in [0.29, 0.717) is 5.92 Å². The summed E-state index contributed by atoms with van der Waals surface area (Å²) in [6.45, 7) is 6.70. The molecule has 0 aromatic heterocycles. The van der Waals surface area contributed by atoms with Crippen molar-refractivity contribution in [2.24, 2.45) is 22.7 Å². The molecule has 0 bridgehead atoms. The molecule has 0 N–H and O–H groups in total. The number of fused-ring (bicyclic) bond motifs is 1. The first kappa shape index (κ1) is 8.28. The van der Waals surface area contributed by atoms with Crippen LogP contribution in [-0.4, -0.2) is 6.29 Å². The Morgan fingerprint density at radius 2 is 2.00 bits per heavy atom. The molecule has 2 saturated carbocycles. The quantitative estimate of drug-likeness (QED) is 0.583. The zero-order valence-electron chi connectivity index (χ0n) is 8.18. The highest BCUT2D eigenvalue weighted by molar-refractivity contribution is 5.69. The molecule has 1 heteroatoms. The summed E-state index contributed by atoms with van der Waals surface area (Å²) in [5, 5.41) is 0. The Hall–Kier alpha value is -0.330. The standard InChI is InChI=1S/C11H17O/c1-8-4-5-9-10(2,3)11(9,6-8)7-12/h8-9H,4-6H2,1-3H3. The molecule has 2 fully saturated rings. The second kappa shape index (κ2) is 2.12. The summed E-state index contributed by atoms with van der Waals surface area (Å²) in [5.74, 6) is 1.36. The van der Waals surface area contributed by atoms with Crippen LogP contribution in [0.4, 0.5) is 0 Å². The van der Waals surface area contributed by atoms with Gasteiger partial charge in [-0.2, -0.15) is 0 Å². The first-order valence-electron chi connectivity index (χ1n) is 4.94. The highest BCUT2D eigenvalue weighted by Crippen LogP contribution is 2.74. The van der Waals surface area contributed by atoms with Gasteiger partial charge in [0, 0.05) is 5.41 Å². The van der Waals surface area contributed by atoms with Gasteiger partial charge in [0.05, 0.1) is 0 Å². The Bertz CT molecular complexity index is 219. The normalized spacial score (nSPS) is 49.6. The van der Waals surface area contributed by atoms with Crippen molar-refractivity contribution in [3.8, 4) is 0 Å². The van der Waals surface area contributed by atoms with E-state index in [1.54, 1.807) is 0 Å². The molecule has 12 heavy (non-hydrogen) atoms. The Kier molecular flexibility index (Phi) is 1.47. The smallest absolute Gasteiger partial charge is 0.205 e. The predicted molar refractivity (Wildman–Crippen MR) is 48.4 cm³/mol. The van der Waals surface area contributed by atoms with Crippen molar-refractivity contribution in [2.75, 3.05) is 0 Å². The zero-order valence-corrected chi connectivity index (χ0v) is 8.18. The lowest BCUT2D eigenvalue weighted by atomic mass is 9.81. The Balaban J connectivity index is 2.25. The van der Waals surface area contributed by atoms with Gasteiger partial charge in [-0.25, -0.2) is 0 Å². The summed E-state index contributed by atoms with van der Waals surface area (Å²) < 4.78 is 0. The van der Waals surface area contributed by atoms with Gasteiger partial charge in [-0.05, 0) is 30.1 Å². The number of rotatable bonds is 1. The molecule has 0 spiro atoms. The minimum Gasteiger partial charge on any atom is -0.290 e.